The number of likely N-dealkylation sites (tertiary alicyclic amines) is 1. The Morgan fingerprint density at radius 3 is 2.69 bits per heavy atom. The molecule has 0 spiro atoms. The zero-order valence-corrected chi connectivity index (χ0v) is 18.3. The van der Waals surface area contributed by atoms with E-state index >= 15 is 0 Å². The highest BCUT2D eigenvalue weighted by molar-refractivity contribution is 5.81. The zero-order valence-electron chi connectivity index (χ0n) is 18.3. The van der Waals surface area contributed by atoms with Crippen LogP contribution in [0, 0.1) is 29.6 Å². The van der Waals surface area contributed by atoms with Gasteiger partial charge in [-0.25, -0.2) is 0 Å². The van der Waals surface area contributed by atoms with Gasteiger partial charge in [-0.15, -0.1) is 0 Å². The Balaban J connectivity index is 1.41. The van der Waals surface area contributed by atoms with Crippen LogP contribution in [0.25, 0.3) is 0 Å². The van der Waals surface area contributed by atoms with Crippen molar-refractivity contribution in [2.75, 3.05) is 20.2 Å². The molecule has 1 aliphatic carbocycles. The molecule has 29 heavy (non-hydrogen) atoms. The molecule has 7 heteroatoms. The van der Waals surface area contributed by atoms with Gasteiger partial charge in [0, 0.05) is 43.7 Å². The zero-order chi connectivity index (χ0) is 20.7. The van der Waals surface area contributed by atoms with Crippen LogP contribution in [0.5, 0.6) is 0 Å². The number of amides is 2. The molecule has 9 atom stereocenters. The third-order valence-corrected chi connectivity index (χ3v) is 8.18. The molecule has 0 bridgehead atoms. The molecule has 3 saturated heterocycles. The van der Waals surface area contributed by atoms with E-state index < -0.39 is 0 Å². The molecule has 4 aliphatic rings. The van der Waals surface area contributed by atoms with Crippen LogP contribution in [-0.4, -0.2) is 61.1 Å². The van der Waals surface area contributed by atoms with Gasteiger partial charge >= 0.3 is 0 Å². The molecule has 0 radical (unpaired) electrons. The van der Waals surface area contributed by atoms with Crippen molar-refractivity contribution in [2.24, 2.45) is 29.6 Å². The van der Waals surface area contributed by atoms with E-state index in [9.17, 15) is 9.59 Å². The number of hydrogen-bond acceptors (Lipinski definition) is 5. The van der Waals surface area contributed by atoms with Crippen LogP contribution in [0.1, 0.15) is 52.9 Å². The first kappa shape index (κ1) is 21.1. The minimum Gasteiger partial charge on any atom is -0.353 e. The van der Waals surface area contributed by atoms with Crippen molar-refractivity contribution < 1.29 is 14.4 Å². The standard InChI is InChI=1S/C22H38N4O3/c1-12-5-6-16(24-21(27)19-11-29-25-14(19)3)9-17(12)18-8-15-10-23-13(2)7-20(15)26(4)22(18)28/h12-20,23,25H,5-11H2,1-4H3,(H,24,27). The lowest BCUT2D eigenvalue weighted by atomic mass is 9.65. The Labute approximate surface area is 174 Å². The number of hydroxylamine groups is 1. The largest absolute Gasteiger partial charge is 0.353 e. The molecule has 0 aromatic heterocycles. The third-order valence-electron chi connectivity index (χ3n) is 8.18. The highest BCUT2D eigenvalue weighted by atomic mass is 16.7. The van der Waals surface area contributed by atoms with Crippen molar-refractivity contribution >= 4 is 11.8 Å². The number of nitrogens with zero attached hydrogens (tertiary/aromatic N) is 1. The van der Waals surface area contributed by atoms with Crippen LogP contribution >= 0.6 is 0 Å². The first-order valence-electron chi connectivity index (χ1n) is 11.5. The summed E-state index contributed by atoms with van der Waals surface area (Å²) in [6.45, 7) is 7.92. The van der Waals surface area contributed by atoms with Gasteiger partial charge in [0.25, 0.3) is 0 Å². The number of hydrogen-bond donors (Lipinski definition) is 3. The number of carbonyl (C=O) groups is 2. The average Bonchev–Trinajstić information content (AvgIpc) is 3.13. The summed E-state index contributed by atoms with van der Waals surface area (Å²) in [5, 5.41) is 6.88. The number of rotatable bonds is 3. The van der Waals surface area contributed by atoms with Crippen molar-refractivity contribution in [3.8, 4) is 0 Å². The number of nitrogens with one attached hydrogen (secondary N) is 3. The lowest BCUT2D eigenvalue weighted by Gasteiger charge is -2.50. The van der Waals surface area contributed by atoms with E-state index in [1.54, 1.807) is 0 Å². The molecule has 4 rings (SSSR count). The quantitative estimate of drug-likeness (QED) is 0.658. The molecule has 3 aliphatic heterocycles. The van der Waals surface area contributed by atoms with Gasteiger partial charge in [0.2, 0.25) is 11.8 Å². The van der Waals surface area contributed by atoms with E-state index in [0.717, 1.165) is 38.6 Å². The molecule has 4 fully saturated rings. The van der Waals surface area contributed by atoms with Crippen LogP contribution in [0.4, 0.5) is 0 Å². The average molecular weight is 407 g/mol. The highest BCUT2D eigenvalue weighted by Crippen LogP contribution is 2.43. The topological polar surface area (TPSA) is 82.7 Å². The number of piperidine rings is 2. The molecule has 1 saturated carbocycles. The van der Waals surface area contributed by atoms with Crippen molar-refractivity contribution in [3.63, 3.8) is 0 Å². The summed E-state index contributed by atoms with van der Waals surface area (Å²) in [4.78, 5) is 33.3. The molecule has 3 heterocycles. The van der Waals surface area contributed by atoms with Gasteiger partial charge in [-0.05, 0) is 63.7 Å². The van der Waals surface area contributed by atoms with Gasteiger partial charge in [0.1, 0.15) is 0 Å². The van der Waals surface area contributed by atoms with Crippen molar-refractivity contribution in [2.45, 2.75) is 77.0 Å². The number of carbonyl (C=O) groups excluding carboxylic acids is 2. The highest BCUT2D eigenvalue weighted by Gasteiger charge is 2.47. The van der Waals surface area contributed by atoms with Gasteiger partial charge in [0.15, 0.2) is 0 Å². The second-order valence-corrected chi connectivity index (χ2v) is 10.1. The normalized spacial score (nSPS) is 45.7. The summed E-state index contributed by atoms with van der Waals surface area (Å²) in [7, 11) is 2.01. The Morgan fingerprint density at radius 2 is 1.97 bits per heavy atom. The van der Waals surface area contributed by atoms with Gasteiger partial charge in [-0.2, -0.15) is 5.48 Å². The maximum absolute atomic E-state index is 13.3. The Kier molecular flexibility index (Phi) is 6.19. The molecular formula is C22H38N4O3. The summed E-state index contributed by atoms with van der Waals surface area (Å²) in [5.41, 5.74) is 2.88. The first-order chi connectivity index (χ1) is 13.8. The van der Waals surface area contributed by atoms with Crippen LogP contribution < -0.4 is 16.1 Å². The monoisotopic (exact) mass is 406 g/mol. The smallest absolute Gasteiger partial charge is 0.227 e. The maximum Gasteiger partial charge on any atom is 0.227 e. The van der Waals surface area contributed by atoms with E-state index in [1.165, 1.54) is 0 Å². The number of fused-ring (bicyclic) bond motifs is 1. The van der Waals surface area contributed by atoms with Gasteiger partial charge < -0.3 is 20.4 Å². The maximum atomic E-state index is 13.3. The van der Waals surface area contributed by atoms with E-state index in [4.69, 9.17) is 4.84 Å². The second kappa shape index (κ2) is 8.52. The fraction of sp³-hybridized carbons (Fsp3) is 0.909. The fourth-order valence-electron chi connectivity index (χ4n) is 6.21. The SMILES string of the molecule is CC1CC2C(CN1)CC(C1CC(NC(=O)C3CONC3C)CCC1C)C(=O)N2C. The Bertz CT molecular complexity index is 629. The molecule has 0 aromatic rings. The van der Waals surface area contributed by atoms with E-state index in [1.807, 2.05) is 18.9 Å². The summed E-state index contributed by atoms with van der Waals surface area (Å²) in [6, 6.07) is 1.06. The lowest BCUT2D eigenvalue weighted by Crippen LogP contribution is -2.60. The van der Waals surface area contributed by atoms with Crippen LogP contribution in [0.15, 0.2) is 0 Å². The second-order valence-electron chi connectivity index (χ2n) is 10.1. The van der Waals surface area contributed by atoms with Gasteiger partial charge in [-0.3, -0.25) is 9.59 Å². The van der Waals surface area contributed by atoms with Crippen LogP contribution in [0.2, 0.25) is 0 Å². The predicted octanol–water partition coefficient (Wildman–Crippen LogP) is 1.29. The molecule has 7 nitrogen and oxygen atoms in total. The van der Waals surface area contributed by atoms with Crippen molar-refractivity contribution in [1.82, 2.24) is 21.0 Å². The van der Waals surface area contributed by atoms with Crippen molar-refractivity contribution in [1.29, 1.82) is 0 Å². The first-order valence-corrected chi connectivity index (χ1v) is 11.5. The van der Waals surface area contributed by atoms with Gasteiger partial charge in [0.05, 0.1) is 12.5 Å². The predicted molar refractivity (Wildman–Crippen MR) is 111 cm³/mol. The minimum absolute atomic E-state index is 0.0417. The summed E-state index contributed by atoms with van der Waals surface area (Å²) in [6.07, 6.45) is 5.02. The lowest BCUT2D eigenvalue weighted by molar-refractivity contribution is -0.148. The van der Waals surface area contributed by atoms with Crippen LogP contribution in [-0.2, 0) is 14.4 Å². The van der Waals surface area contributed by atoms with Gasteiger partial charge in [-0.1, -0.05) is 6.92 Å². The molecule has 3 N–H and O–H groups in total. The summed E-state index contributed by atoms with van der Waals surface area (Å²) < 4.78 is 0. The molecule has 164 valence electrons. The Morgan fingerprint density at radius 1 is 1.17 bits per heavy atom. The summed E-state index contributed by atoms with van der Waals surface area (Å²) in [5.74, 6) is 1.77. The third kappa shape index (κ3) is 4.19. The molecule has 9 unspecified atom stereocenters. The fourth-order valence-corrected chi connectivity index (χ4v) is 6.21. The van der Waals surface area contributed by atoms with Crippen LogP contribution in [0.3, 0.4) is 0 Å². The minimum atomic E-state index is -0.133. The molecular weight excluding hydrogens is 368 g/mol. The Hall–Kier alpha value is -1.18. The van der Waals surface area contributed by atoms with E-state index in [2.05, 4.69) is 30.0 Å². The van der Waals surface area contributed by atoms with E-state index in [-0.39, 0.29) is 29.8 Å². The summed E-state index contributed by atoms with van der Waals surface area (Å²) >= 11 is 0. The van der Waals surface area contributed by atoms with Crippen molar-refractivity contribution in [3.05, 3.63) is 0 Å². The molecule has 2 amide bonds. The molecule has 0 aromatic carbocycles. The van der Waals surface area contributed by atoms with E-state index in [0.29, 0.717) is 42.4 Å².